The molecule has 1 aliphatic carbocycles. The maximum absolute atomic E-state index is 12.5. The van der Waals surface area contributed by atoms with Gasteiger partial charge in [-0.05, 0) is 49.9 Å². The molecule has 1 saturated carbocycles. The standard InChI is InChI=1S/C16H25NO3S/c17-11-5-7-14-6-4-8-15(12-14)21(19,20)13-16(18)9-2-1-3-10-16/h4,6,8,12,18H,1-3,5,7,9-11,13,17H2. The summed E-state index contributed by atoms with van der Waals surface area (Å²) in [6, 6.07) is 7.03. The van der Waals surface area contributed by atoms with Gasteiger partial charge < -0.3 is 10.8 Å². The van der Waals surface area contributed by atoms with Gasteiger partial charge in [0.15, 0.2) is 9.84 Å². The predicted molar refractivity (Wildman–Crippen MR) is 83.9 cm³/mol. The van der Waals surface area contributed by atoms with Crippen LogP contribution in [0, 0.1) is 0 Å². The lowest BCUT2D eigenvalue weighted by Crippen LogP contribution is -2.39. The summed E-state index contributed by atoms with van der Waals surface area (Å²) in [5.74, 6) is -0.166. The molecule has 0 amide bonds. The minimum absolute atomic E-state index is 0.166. The predicted octanol–water partition coefficient (Wildman–Crippen LogP) is 2.05. The van der Waals surface area contributed by atoms with Gasteiger partial charge in [0.05, 0.1) is 16.2 Å². The van der Waals surface area contributed by atoms with Crippen LogP contribution in [0.25, 0.3) is 0 Å². The summed E-state index contributed by atoms with van der Waals surface area (Å²) in [7, 11) is -3.45. The first-order chi connectivity index (χ1) is 9.95. The second-order valence-corrected chi connectivity index (χ2v) is 8.07. The van der Waals surface area contributed by atoms with Crippen LogP contribution in [0.1, 0.15) is 44.1 Å². The van der Waals surface area contributed by atoms with E-state index in [4.69, 9.17) is 5.73 Å². The third kappa shape index (κ3) is 4.53. The largest absolute Gasteiger partial charge is 0.389 e. The van der Waals surface area contributed by atoms with Crippen molar-refractivity contribution in [2.24, 2.45) is 5.73 Å². The molecule has 0 heterocycles. The van der Waals surface area contributed by atoms with Crippen LogP contribution in [0.5, 0.6) is 0 Å². The van der Waals surface area contributed by atoms with E-state index in [1.54, 1.807) is 18.2 Å². The summed E-state index contributed by atoms with van der Waals surface area (Å²) in [6.45, 7) is 0.594. The van der Waals surface area contributed by atoms with E-state index in [-0.39, 0.29) is 5.75 Å². The van der Waals surface area contributed by atoms with Crippen molar-refractivity contribution in [2.75, 3.05) is 12.3 Å². The van der Waals surface area contributed by atoms with Gasteiger partial charge in [0.2, 0.25) is 0 Å². The van der Waals surface area contributed by atoms with Gasteiger partial charge in [-0.15, -0.1) is 0 Å². The maximum Gasteiger partial charge on any atom is 0.181 e. The van der Waals surface area contributed by atoms with Crippen molar-refractivity contribution in [3.63, 3.8) is 0 Å². The first-order valence-corrected chi connectivity index (χ1v) is 9.35. The van der Waals surface area contributed by atoms with Crippen LogP contribution in [-0.2, 0) is 16.3 Å². The zero-order chi connectivity index (χ0) is 15.3. The number of sulfone groups is 1. The molecule has 5 heteroatoms. The summed E-state index contributed by atoms with van der Waals surface area (Å²) < 4.78 is 25.1. The number of benzene rings is 1. The lowest BCUT2D eigenvalue weighted by molar-refractivity contribution is 0.0257. The first-order valence-electron chi connectivity index (χ1n) is 7.69. The van der Waals surface area contributed by atoms with Gasteiger partial charge in [-0.3, -0.25) is 0 Å². The molecular formula is C16H25NO3S. The molecule has 1 aliphatic rings. The maximum atomic E-state index is 12.5. The average Bonchev–Trinajstić information content (AvgIpc) is 2.45. The zero-order valence-corrected chi connectivity index (χ0v) is 13.2. The van der Waals surface area contributed by atoms with E-state index in [1.807, 2.05) is 6.07 Å². The van der Waals surface area contributed by atoms with Crippen molar-refractivity contribution in [2.45, 2.75) is 55.4 Å². The SMILES string of the molecule is NCCCc1cccc(S(=O)(=O)CC2(O)CCCCC2)c1. The summed E-state index contributed by atoms with van der Waals surface area (Å²) in [6.07, 6.45) is 5.68. The second-order valence-electron chi connectivity index (χ2n) is 6.08. The van der Waals surface area contributed by atoms with E-state index in [0.717, 1.165) is 37.7 Å². The number of hydrogen-bond acceptors (Lipinski definition) is 4. The van der Waals surface area contributed by atoms with Crippen molar-refractivity contribution in [3.8, 4) is 0 Å². The Morgan fingerprint density at radius 1 is 1.19 bits per heavy atom. The Balaban J connectivity index is 2.15. The highest BCUT2D eigenvalue weighted by Gasteiger charge is 2.35. The number of aryl methyl sites for hydroxylation is 1. The Labute approximate surface area is 127 Å². The molecular weight excluding hydrogens is 286 g/mol. The van der Waals surface area contributed by atoms with Crippen LogP contribution >= 0.6 is 0 Å². The quantitative estimate of drug-likeness (QED) is 0.842. The molecule has 3 N–H and O–H groups in total. The van der Waals surface area contributed by atoms with Crippen LogP contribution in [0.3, 0.4) is 0 Å². The van der Waals surface area contributed by atoms with Gasteiger partial charge in [-0.1, -0.05) is 31.4 Å². The zero-order valence-electron chi connectivity index (χ0n) is 12.4. The minimum atomic E-state index is -3.45. The summed E-state index contributed by atoms with van der Waals surface area (Å²) in [4.78, 5) is 0.316. The summed E-state index contributed by atoms with van der Waals surface area (Å²) >= 11 is 0. The fourth-order valence-corrected chi connectivity index (χ4v) is 4.77. The van der Waals surface area contributed by atoms with Gasteiger partial charge >= 0.3 is 0 Å². The van der Waals surface area contributed by atoms with Crippen LogP contribution in [0.2, 0.25) is 0 Å². The van der Waals surface area contributed by atoms with Gasteiger partial charge in [-0.2, -0.15) is 0 Å². The topological polar surface area (TPSA) is 80.4 Å². The molecule has 118 valence electrons. The van der Waals surface area contributed by atoms with Crippen molar-refractivity contribution in [1.29, 1.82) is 0 Å². The van der Waals surface area contributed by atoms with E-state index in [2.05, 4.69) is 0 Å². The molecule has 0 atom stereocenters. The third-order valence-corrected chi connectivity index (χ3v) is 6.06. The molecule has 1 fully saturated rings. The highest BCUT2D eigenvalue weighted by molar-refractivity contribution is 7.91. The minimum Gasteiger partial charge on any atom is -0.389 e. The highest BCUT2D eigenvalue weighted by Crippen LogP contribution is 2.31. The van der Waals surface area contributed by atoms with Gasteiger partial charge in [0.1, 0.15) is 0 Å². The van der Waals surface area contributed by atoms with Crippen LogP contribution in [0.4, 0.5) is 0 Å². The fraction of sp³-hybridized carbons (Fsp3) is 0.625. The van der Waals surface area contributed by atoms with Crippen molar-refractivity contribution < 1.29 is 13.5 Å². The van der Waals surface area contributed by atoms with E-state index in [9.17, 15) is 13.5 Å². The Morgan fingerprint density at radius 3 is 2.57 bits per heavy atom. The highest BCUT2D eigenvalue weighted by atomic mass is 32.2. The summed E-state index contributed by atoms with van der Waals surface area (Å²) in [5, 5.41) is 10.5. The van der Waals surface area contributed by atoms with E-state index in [1.165, 1.54) is 0 Å². The van der Waals surface area contributed by atoms with E-state index < -0.39 is 15.4 Å². The van der Waals surface area contributed by atoms with Crippen LogP contribution in [0.15, 0.2) is 29.2 Å². The fourth-order valence-electron chi connectivity index (χ4n) is 2.99. The average molecular weight is 311 g/mol. The van der Waals surface area contributed by atoms with Crippen molar-refractivity contribution >= 4 is 9.84 Å². The monoisotopic (exact) mass is 311 g/mol. The van der Waals surface area contributed by atoms with Crippen LogP contribution < -0.4 is 5.73 Å². The number of hydrogen-bond donors (Lipinski definition) is 2. The first kappa shape index (κ1) is 16.5. The molecule has 2 rings (SSSR count). The molecule has 0 saturated heterocycles. The Kier molecular flexibility index (Phi) is 5.41. The van der Waals surface area contributed by atoms with Crippen LogP contribution in [-0.4, -0.2) is 31.4 Å². The third-order valence-electron chi connectivity index (χ3n) is 4.17. The van der Waals surface area contributed by atoms with Gasteiger partial charge in [0, 0.05) is 0 Å². The molecule has 1 aromatic carbocycles. The molecule has 1 aromatic rings. The second kappa shape index (κ2) is 6.90. The number of nitrogens with two attached hydrogens (primary N) is 1. The molecule has 21 heavy (non-hydrogen) atoms. The number of aliphatic hydroxyl groups is 1. The molecule has 0 radical (unpaired) electrons. The molecule has 0 spiro atoms. The lowest BCUT2D eigenvalue weighted by Gasteiger charge is -2.31. The van der Waals surface area contributed by atoms with Crippen molar-refractivity contribution in [1.82, 2.24) is 0 Å². The molecule has 0 aliphatic heterocycles. The lowest BCUT2D eigenvalue weighted by atomic mass is 9.86. The Bertz CT molecular complexity index is 563. The Hall–Kier alpha value is -0.910. The molecule has 0 unspecified atom stereocenters. The van der Waals surface area contributed by atoms with E-state index >= 15 is 0 Å². The van der Waals surface area contributed by atoms with Gasteiger partial charge in [0.25, 0.3) is 0 Å². The molecule has 4 nitrogen and oxygen atoms in total. The molecule has 0 bridgehead atoms. The number of rotatable bonds is 6. The van der Waals surface area contributed by atoms with Gasteiger partial charge in [-0.25, -0.2) is 8.42 Å². The Morgan fingerprint density at radius 2 is 1.90 bits per heavy atom. The normalized spacial score (nSPS) is 18.6. The molecule has 0 aromatic heterocycles. The van der Waals surface area contributed by atoms with Crippen molar-refractivity contribution in [3.05, 3.63) is 29.8 Å². The smallest absolute Gasteiger partial charge is 0.181 e. The van der Waals surface area contributed by atoms with E-state index in [0.29, 0.717) is 24.3 Å². The summed E-state index contributed by atoms with van der Waals surface area (Å²) in [5.41, 5.74) is 5.42.